The first-order valence-corrected chi connectivity index (χ1v) is 8.82. The maximum absolute atomic E-state index is 12.7. The van der Waals surface area contributed by atoms with Crippen LogP contribution >= 0.6 is 11.6 Å². The second-order valence-electron chi connectivity index (χ2n) is 7.20. The van der Waals surface area contributed by atoms with Crippen LogP contribution in [0.3, 0.4) is 0 Å². The number of hydrogen-bond acceptors (Lipinski definition) is 7. The Balaban J connectivity index is 1.96. The molecule has 0 radical (unpaired) electrons. The molecule has 0 atom stereocenters. The summed E-state index contributed by atoms with van der Waals surface area (Å²) >= 11 is 6.13. The Morgan fingerprint density at radius 2 is 1.96 bits per heavy atom. The normalized spacial score (nSPS) is 11.6. The van der Waals surface area contributed by atoms with Crippen LogP contribution < -0.4 is 4.90 Å². The number of Topliss-reactive ketones (excluding diaryl/α,β-unsaturated/α-hetero) is 1. The quantitative estimate of drug-likeness (QED) is 0.484. The highest BCUT2D eigenvalue weighted by atomic mass is 35.5. The summed E-state index contributed by atoms with van der Waals surface area (Å²) in [6, 6.07) is 1.47. The summed E-state index contributed by atoms with van der Waals surface area (Å²) in [6.07, 6.45) is 2.37. The zero-order chi connectivity index (χ0) is 20.6. The molecule has 0 saturated carbocycles. The molecule has 0 saturated heterocycles. The number of halogens is 1. The van der Waals surface area contributed by atoms with E-state index in [0.717, 1.165) is 0 Å². The van der Waals surface area contributed by atoms with Gasteiger partial charge >= 0.3 is 6.09 Å². The number of ether oxygens (including phenoxy) is 1. The van der Waals surface area contributed by atoms with Crippen molar-refractivity contribution in [3.05, 3.63) is 34.9 Å². The predicted molar refractivity (Wildman–Crippen MR) is 102 cm³/mol. The van der Waals surface area contributed by atoms with Gasteiger partial charge in [0.1, 0.15) is 16.6 Å². The van der Waals surface area contributed by atoms with Crippen molar-refractivity contribution in [3.8, 4) is 0 Å². The summed E-state index contributed by atoms with van der Waals surface area (Å²) in [7, 11) is 3.20. The third-order valence-corrected chi connectivity index (χ3v) is 3.92. The first kappa shape index (κ1) is 19.7. The number of aryl methyl sites for hydroxylation is 1. The second-order valence-corrected chi connectivity index (χ2v) is 7.58. The molecule has 0 fully saturated rings. The van der Waals surface area contributed by atoms with Crippen molar-refractivity contribution in [2.24, 2.45) is 7.05 Å². The van der Waals surface area contributed by atoms with Gasteiger partial charge in [0.05, 0.1) is 30.1 Å². The van der Waals surface area contributed by atoms with Gasteiger partial charge < -0.3 is 4.74 Å². The number of carbonyl (C=O) groups is 2. The number of rotatable bonds is 4. The van der Waals surface area contributed by atoms with E-state index in [1.807, 2.05) is 0 Å². The van der Waals surface area contributed by atoms with E-state index >= 15 is 0 Å². The highest BCUT2D eigenvalue weighted by Crippen LogP contribution is 2.23. The first-order valence-electron chi connectivity index (χ1n) is 8.44. The summed E-state index contributed by atoms with van der Waals surface area (Å²) in [5.41, 5.74) is 0.377. The van der Waals surface area contributed by atoms with Crippen molar-refractivity contribution >= 4 is 34.9 Å². The van der Waals surface area contributed by atoms with E-state index in [1.54, 1.807) is 27.8 Å². The van der Waals surface area contributed by atoms with Gasteiger partial charge in [0.15, 0.2) is 11.4 Å². The van der Waals surface area contributed by atoms with Crippen molar-refractivity contribution in [2.45, 2.75) is 32.8 Å². The molecule has 0 unspecified atom stereocenters. The molecular weight excluding hydrogens is 386 g/mol. The van der Waals surface area contributed by atoms with Crippen LogP contribution in [0.15, 0.2) is 18.5 Å². The first-order chi connectivity index (χ1) is 13.0. The number of ketones is 1. The highest BCUT2D eigenvalue weighted by Gasteiger charge is 2.25. The lowest BCUT2D eigenvalue weighted by Crippen LogP contribution is -2.35. The topological polar surface area (TPSA) is 108 Å². The van der Waals surface area contributed by atoms with E-state index in [9.17, 15) is 9.59 Å². The van der Waals surface area contributed by atoms with Crippen molar-refractivity contribution in [1.29, 1.82) is 0 Å². The van der Waals surface area contributed by atoms with E-state index < -0.39 is 11.7 Å². The van der Waals surface area contributed by atoms with Gasteiger partial charge in [0.2, 0.25) is 0 Å². The molecule has 0 aliphatic rings. The molecule has 3 heterocycles. The zero-order valence-corrected chi connectivity index (χ0v) is 16.9. The minimum atomic E-state index is -0.663. The largest absolute Gasteiger partial charge is 0.443 e. The summed E-state index contributed by atoms with van der Waals surface area (Å²) in [5, 5.41) is 12.4. The van der Waals surface area contributed by atoms with Crippen LogP contribution in [0.25, 0.3) is 5.65 Å². The Morgan fingerprint density at radius 3 is 2.57 bits per heavy atom. The van der Waals surface area contributed by atoms with Gasteiger partial charge in [-0.15, -0.1) is 0 Å². The monoisotopic (exact) mass is 405 g/mol. The number of hydrogen-bond donors (Lipinski definition) is 0. The number of nitrogens with zero attached hydrogens (tertiary/aromatic N) is 7. The minimum Gasteiger partial charge on any atom is -0.443 e. The molecule has 0 aliphatic carbocycles. The van der Waals surface area contributed by atoms with Crippen LogP contribution in [0.1, 0.15) is 36.8 Å². The zero-order valence-electron chi connectivity index (χ0n) is 16.2. The molecule has 28 heavy (non-hydrogen) atoms. The van der Waals surface area contributed by atoms with Gasteiger partial charge in [-0.1, -0.05) is 11.6 Å². The van der Waals surface area contributed by atoms with Gasteiger partial charge in [-0.25, -0.2) is 9.78 Å². The van der Waals surface area contributed by atoms with Crippen molar-refractivity contribution in [2.75, 3.05) is 11.9 Å². The third kappa shape index (κ3) is 4.11. The Bertz CT molecular complexity index is 1050. The van der Waals surface area contributed by atoms with Crippen molar-refractivity contribution < 1.29 is 14.3 Å². The average Bonchev–Trinajstić information content (AvgIpc) is 3.17. The van der Waals surface area contributed by atoms with Crippen LogP contribution in [-0.4, -0.2) is 54.1 Å². The summed E-state index contributed by atoms with van der Waals surface area (Å²) in [5.74, 6) is 0.0824. The molecule has 3 aromatic rings. The average molecular weight is 406 g/mol. The van der Waals surface area contributed by atoms with Gasteiger partial charge in [-0.05, 0) is 20.8 Å². The SMILES string of the molecule is CN(C(=O)OC(C)(C)C)c1cc(Cl)nc2c(C(=O)Cc3cnn(C)n3)cnn12. The highest BCUT2D eigenvalue weighted by molar-refractivity contribution is 6.30. The van der Waals surface area contributed by atoms with E-state index in [1.165, 1.54) is 39.7 Å². The molecule has 3 aromatic heterocycles. The lowest BCUT2D eigenvalue weighted by Gasteiger charge is -2.24. The molecule has 3 rings (SSSR count). The van der Waals surface area contributed by atoms with Crippen molar-refractivity contribution in [1.82, 2.24) is 29.6 Å². The number of amides is 1. The van der Waals surface area contributed by atoms with Gasteiger partial charge in [0, 0.05) is 20.2 Å². The number of anilines is 1. The lowest BCUT2D eigenvalue weighted by atomic mass is 10.1. The van der Waals surface area contributed by atoms with E-state index in [-0.39, 0.29) is 28.6 Å². The Kier molecular flexibility index (Phi) is 5.07. The van der Waals surface area contributed by atoms with E-state index in [0.29, 0.717) is 11.5 Å². The van der Waals surface area contributed by atoms with Gasteiger partial charge in [0.25, 0.3) is 0 Å². The summed E-state index contributed by atoms with van der Waals surface area (Å²) < 4.78 is 6.75. The Hall–Kier alpha value is -3.01. The fraction of sp³-hybridized carbons (Fsp3) is 0.412. The summed E-state index contributed by atoms with van der Waals surface area (Å²) in [6.45, 7) is 5.31. The van der Waals surface area contributed by atoms with Crippen LogP contribution in [0.2, 0.25) is 5.15 Å². The van der Waals surface area contributed by atoms with Crippen LogP contribution in [0, 0.1) is 0 Å². The standard InChI is InChI=1S/C17H20ClN7O3/c1-17(2,3)28-16(27)23(4)14-7-13(18)21-15-11(9-20-25(14)15)12(26)6-10-8-19-24(5)22-10/h7-9H,6H2,1-5H3. The number of carbonyl (C=O) groups excluding carboxylic acids is 2. The molecule has 10 nitrogen and oxygen atoms in total. The fourth-order valence-corrected chi connectivity index (χ4v) is 2.68. The molecule has 148 valence electrons. The third-order valence-electron chi connectivity index (χ3n) is 3.72. The van der Waals surface area contributed by atoms with Crippen LogP contribution in [0.4, 0.5) is 10.6 Å². The second kappa shape index (κ2) is 7.19. The Labute approximate surface area is 166 Å². The Morgan fingerprint density at radius 1 is 1.25 bits per heavy atom. The van der Waals surface area contributed by atoms with Gasteiger partial charge in [-0.2, -0.15) is 24.6 Å². The van der Waals surface area contributed by atoms with E-state index in [4.69, 9.17) is 16.3 Å². The van der Waals surface area contributed by atoms with Crippen LogP contribution in [0.5, 0.6) is 0 Å². The van der Waals surface area contributed by atoms with E-state index in [2.05, 4.69) is 20.3 Å². The van der Waals surface area contributed by atoms with Gasteiger partial charge in [-0.3, -0.25) is 9.69 Å². The van der Waals surface area contributed by atoms with Crippen molar-refractivity contribution in [3.63, 3.8) is 0 Å². The molecule has 0 N–H and O–H groups in total. The molecule has 0 aromatic carbocycles. The number of fused-ring (bicyclic) bond motifs is 1. The predicted octanol–water partition coefficient (Wildman–Crippen LogP) is 2.31. The smallest absolute Gasteiger partial charge is 0.415 e. The molecule has 1 amide bonds. The molecule has 0 spiro atoms. The molecule has 0 aliphatic heterocycles. The maximum Gasteiger partial charge on any atom is 0.415 e. The lowest BCUT2D eigenvalue weighted by molar-refractivity contribution is 0.0587. The maximum atomic E-state index is 12.7. The summed E-state index contributed by atoms with van der Waals surface area (Å²) in [4.78, 5) is 31.9. The molecule has 11 heteroatoms. The number of aromatic nitrogens is 6. The minimum absolute atomic E-state index is 0.0423. The van der Waals surface area contributed by atoms with Crippen LogP contribution in [-0.2, 0) is 18.2 Å². The molecular formula is C17H20ClN7O3. The molecule has 0 bridgehead atoms. The fourth-order valence-electron chi connectivity index (χ4n) is 2.51.